The van der Waals surface area contributed by atoms with Crippen molar-refractivity contribution in [1.82, 2.24) is 0 Å². The van der Waals surface area contributed by atoms with Crippen LogP contribution < -0.4 is 0 Å². The molecule has 1 aromatic rings. The van der Waals surface area contributed by atoms with E-state index in [-0.39, 0.29) is 20.6 Å². The molecule has 17 heavy (non-hydrogen) atoms. The highest BCUT2D eigenvalue weighted by molar-refractivity contribution is 6.39. The fraction of sp³-hybridized carbons (Fsp3) is 0.222. The van der Waals surface area contributed by atoms with Crippen molar-refractivity contribution in [3.05, 3.63) is 32.8 Å². The molecule has 0 aliphatic carbocycles. The molecule has 0 saturated heterocycles. The fourth-order valence-corrected chi connectivity index (χ4v) is 1.86. The second-order valence-electron chi connectivity index (χ2n) is 2.92. The van der Waals surface area contributed by atoms with E-state index in [2.05, 4.69) is 4.74 Å². The number of alkyl halides is 3. The lowest BCUT2D eigenvalue weighted by Gasteiger charge is -2.10. The highest BCUT2D eigenvalue weighted by Gasteiger charge is 2.41. The standard InChI is InChI=1S/C9H4Cl3F3O2/c10-4-1-6(11)5(7(12)2-4)3-17-8(16)9(13,14)15/h1-2H,3H2. The first-order valence-electron chi connectivity index (χ1n) is 4.09. The largest absolute Gasteiger partial charge is 0.490 e. The maximum atomic E-state index is 11.9. The van der Waals surface area contributed by atoms with E-state index >= 15 is 0 Å². The molecule has 0 heterocycles. The van der Waals surface area contributed by atoms with Gasteiger partial charge in [0.1, 0.15) is 6.61 Å². The van der Waals surface area contributed by atoms with Gasteiger partial charge in [-0.2, -0.15) is 13.2 Å². The quantitative estimate of drug-likeness (QED) is 0.763. The highest BCUT2D eigenvalue weighted by atomic mass is 35.5. The molecular formula is C9H4Cl3F3O2. The predicted molar refractivity (Wildman–Crippen MR) is 57.3 cm³/mol. The van der Waals surface area contributed by atoms with Crippen LogP contribution in [0, 0.1) is 0 Å². The van der Waals surface area contributed by atoms with E-state index in [0.29, 0.717) is 0 Å². The molecule has 1 aromatic carbocycles. The summed E-state index contributed by atoms with van der Waals surface area (Å²) in [4.78, 5) is 10.5. The topological polar surface area (TPSA) is 26.3 Å². The number of benzene rings is 1. The van der Waals surface area contributed by atoms with Gasteiger partial charge in [-0.05, 0) is 12.1 Å². The van der Waals surface area contributed by atoms with Crippen molar-refractivity contribution >= 4 is 40.8 Å². The van der Waals surface area contributed by atoms with Crippen molar-refractivity contribution in [3.8, 4) is 0 Å². The molecule has 0 saturated carbocycles. The van der Waals surface area contributed by atoms with E-state index in [1.165, 1.54) is 12.1 Å². The zero-order valence-electron chi connectivity index (χ0n) is 7.95. The number of esters is 1. The molecule has 0 aliphatic heterocycles. The summed E-state index contributed by atoms with van der Waals surface area (Å²) in [6.07, 6.45) is -5.05. The maximum Gasteiger partial charge on any atom is 0.490 e. The minimum atomic E-state index is -5.05. The SMILES string of the molecule is O=C(OCc1c(Cl)cc(Cl)cc1Cl)C(F)(F)F. The summed E-state index contributed by atoms with van der Waals surface area (Å²) in [6.45, 7) is -0.673. The van der Waals surface area contributed by atoms with Gasteiger partial charge in [-0.3, -0.25) is 0 Å². The summed E-state index contributed by atoms with van der Waals surface area (Å²) in [7, 11) is 0. The van der Waals surface area contributed by atoms with Crippen LogP contribution in [-0.2, 0) is 16.1 Å². The Bertz CT molecular complexity index is 423. The average molecular weight is 307 g/mol. The first-order valence-corrected chi connectivity index (χ1v) is 5.22. The van der Waals surface area contributed by atoms with E-state index in [1.54, 1.807) is 0 Å². The van der Waals surface area contributed by atoms with E-state index in [4.69, 9.17) is 34.8 Å². The van der Waals surface area contributed by atoms with Gasteiger partial charge in [0.2, 0.25) is 0 Å². The van der Waals surface area contributed by atoms with E-state index in [1.807, 2.05) is 0 Å². The maximum absolute atomic E-state index is 11.9. The van der Waals surface area contributed by atoms with Crippen LogP contribution in [0.5, 0.6) is 0 Å². The number of halogens is 6. The molecule has 0 N–H and O–H groups in total. The van der Waals surface area contributed by atoms with Gasteiger partial charge in [-0.15, -0.1) is 0 Å². The summed E-state index contributed by atoms with van der Waals surface area (Å²) < 4.78 is 39.6. The van der Waals surface area contributed by atoms with Crippen LogP contribution in [0.2, 0.25) is 15.1 Å². The minimum Gasteiger partial charge on any atom is -0.454 e. The van der Waals surface area contributed by atoms with Gasteiger partial charge >= 0.3 is 12.1 Å². The number of hydrogen-bond acceptors (Lipinski definition) is 2. The third kappa shape index (κ3) is 3.94. The molecule has 2 nitrogen and oxygen atoms in total. The summed E-state index contributed by atoms with van der Waals surface area (Å²) in [6, 6.07) is 2.57. The van der Waals surface area contributed by atoms with Crippen LogP contribution in [0.15, 0.2) is 12.1 Å². The van der Waals surface area contributed by atoms with Crippen LogP contribution in [0.25, 0.3) is 0 Å². The molecule has 0 amide bonds. The molecule has 0 aliphatic rings. The molecule has 0 fully saturated rings. The van der Waals surface area contributed by atoms with E-state index < -0.39 is 18.8 Å². The van der Waals surface area contributed by atoms with E-state index in [0.717, 1.165) is 0 Å². The Labute approximate surface area is 109 Å². The Morgan fingerprint density at radius 3 is 2.06 bits per heavy atom. The van der Waals surface area contributed by atoms with Crippen molar-refractivity contribution in [1.29, 1.82) is 0 Å². The molecule has 0 atom stereocenters. The molecular weight excluding hydrogens is 303 g/mol. The van der Waals surface area contributed by atoms with Crippen LogP contribution in [-0.4, -0.2) is 12.1 Å². The van der Waals surface area contributed by atoms with E-state index in [9.17, 15) is 18.0 Å². The third-order valence-electron chi connectivity index (χ3n) is 1.68. The Morgan fingerprint density at radius 2 is 1.65 bits per heavy atom. The molecule has 94 valence electrons. The molecule has 0 spiro atoms. The van der Waals surface area contributed by atoms with Crippen molar-refractivity contribution in [2.75, 3.05) is 0 Å². The molecule has 0 radical (unpaired) electrons. The average Bonchev–Trinajstić information content (AvgIpc) is 2.13. The monoisotopic (exact) mass is 306 g/mol. The molecule has 8 heteroatoms. The first kappa shape index (κ1) is 14.4. The van der Waals surface area contributed by atoms with Gasteiger partial charge in [0.25, 0.3) is 0 Å². The van der Waals surface area contributed by atoms with Gasteiger partial charge in [-0.25, -0.2) is 4.79 Å². The number of rotatable bonds is 2. The molecule has 0 aromatic heterocycles. The van der Waals surface area contributed by atoms with Gasteiger partial charge in [-0.1, -0.05) is 34.8 Å². The molecule has 0 bridgehead atoms. The van der Waals surface area contributed by atoms with Gasteiger partial charge in [0.15, 0.2) is 0 Å². The van der Waals surface area contributed by atoms with Crippen LogP contribution in [0.4, 0.5) is 13.2 Å². The zero-order chi connectivity index (χ0) is 13.2. The Morgan fingerprint density at radius 1 is 1.18 bits per heavy atom. The summed E-state index contributed by atoms with van der Waals surface area (Å²) in [5.74, 6) is -2.31. The van der Waals surface area contributed by atoms with Crippen LogP contribution >= 0.6 is 34.8 Å². The third-order valence-corrected chi connectivity index (χ3v) is 2.58. The Kier molecular flexibility index (Phi) is 4.52. The minimum absolute atomic E-state index is 0.0254. The molecule has 0 unspecified atom stereocenters. The second-order valence-corrected chi connectivity index (χ2v) is 4.17. The van der Waals surface area contributed by atoms with Gasteiger partial charge in [0, 0.05) is 10.6 Å². The molecule has 1 rings (SSSR count). The van der Waals surface area contributed by atoms with Crippen molar-refractivity contribution in [2.24, 2.45) is 0 Å². The predicted octanol–water partition coefficient (Wildman–Crippen LogP) is 4.25. The number of carbonyl (C=O) groups excluding carboxylic acids is 1. The van der Waals surface area contributed by atoms with Gasteiger partial charge < -0.3 is 4.74 Å². The Hall–Kier alpha value is -0.650. The lowest BCUT2D eigenvalue weighted by molar-refractivity contribution is -0.201. The lowest BCUT2D eigenvalue weighted by Crippen LogP contribution is -2.25. The van der Waals surface area contributed by atoms with Gasteiger partial charge in [0.05, 0.1) is 10.0 Å². The summed E-state index contributed by atoms with van der Waals surface area (Å²) >= 11 is 17.0. The van der Waals surface area contributed by atoms with Crippen LogP contribution in [0.1, 0.15) is 5.56 Å². The van der Waals surface area contributed by atoms with Crippen molar-refractivity contribution < 1.29 is 22.7 Å². The first-order chi connectivity index (χ1) is 7.71. The summed E-state index contributed by atoms with van der Waals surface area (Å²) in [5, 5.41) is 0.279. The van der Waals surface area contributed by atoms with Crippen molar-refractivity contribution in [3.63, 3.8) is 0 Å². The zero-order valence-corrected chi connectivity index (χ0v) is 10.2. The van der Waals surface area contributed by atoms with Crippen molar-refractivity contribution in [2.45, 2.75) is 12.8 Å². The normalized spacial score (nSPS) is 11.4. The summed E-state index contributed by atoms with van der Waals surface area (Å²) in [5.41, 5.74) is 0.0651. The lowest BCUT2D eigenvalue weighted by atomic mass is 10.2. The second kappa shape index (κ2) is 5.33. The fourth-order valence-electron chi connectivity index (χ4n) is 0.930. The highest BCUT2D eigenvalue weighted by Crippen LogP contribution is 2.30. The Balaban J connectivity index is 2.80. The number of ether oxygens (including phenoxy) is 1. The number of carbonyl (C=O) groups is 1. The van der Waals surface area contributed by atoms with Crippen LogP contribution in [0.3, 0.4) is 0 Å². The number of hydrogen-bond donors (Lipinski definition) is 0. The smallest absolute Gasteiger partial charge is 0.454 e.